The largest absolute Gasteiger partial charge is 0.355 e. The monoisotopic (exact) mass is 656 g/mol. The number of fused-ring (bicyclic) bond motifs is 4. The number of aromatic nitrogens is 2. The van der Waals surface area contributed by atoms with E-state index in [1.54, 1.807) is 6.07 Å². The van der Waals surface area contributed by atoms with Gasteiger partial charge < -0.3 is 9.80 Å². The maximum atomic E-state index is 14.7. The molecule has 0 radical (unpaired) electrons. The van der Waals surface area contributed by atoms with E-state index < -0.39 is 9.84 Å². The molecule has 0 atom stereocenters. The Bertz CT molecular complexity index is 2360. The fourth-order valence-electron chi connectivity index (χ4n) is 6.73. The Morgan fingerprint density at radius 2 is 1.33 bits per heavy atom. The molecule has 0 fully saturated rings. The van der Waals surface area contributed by atoms with Crippen molar-refractivity contribution in [2.45, 2.75) is 76.0 Å². The van der Waals surface area contributed by atoms with Crippen LogP contribution in [0.25, 0.3) is 27.6 Å². The number of hydrogen-bond acceptors (Lipinski definition) is 5. The number of para-hydroxylation sites is 1. The summed E-state index contributed by atoms with van der Waals surface area (Å²) in [5.74, 6) is 0.766. The molecule has 1 aliphatic rings. The van der Waals surface area contributed by atoms with E-state index in [2.05, 4.69) is 113 Å². The molecule has 0 N–H and O–H groups in total. The topological polar surface area (TPSA) is 58.4 Å². The van der Waals surface area contributed by atoms with Crippen molar-refractivity contribution in [1.29, 1.82) is 0 Å². The van der Waals surface area contributed by atoms with Gasteiger partial charge in [0.1, 0.15) is 5.82 Å². The second kappa shape index (κ2) is 11.0. The normalized spacial score (nSPS) is 13.9. The molecule has 6 aromatic rings. The van der Waals surface area contributed by atoms with Crippen LogP contribution in [0.4, 0.5) is 17.1 Å². The third kappa shape index (κ3) is 5.25. The summed E-state index contributed by atoms with van der Waals surface area (Å²) in [5, 5.41) is 2.04. The predicted octanol–water partition coefficient (Wildman–Crippen LogP) is 9.77. The summed E-state index contributed by atoms with van der Waals surface area (Å²) >= 11 is 0. The number of anilines is 3. The minimum absolute atomic E-state index is 0.0666. The van der Waals surface area contributed by atoms with E-state index in [0.29, 0.717) is 11.6 Å². The first kappa shape index (κ1) is 32.0. The Hall–Kier alpha value is -4.62. The number of hydrogen-bond donors (Lipinski definition) is 0. The average Bonchev–Trinajstić information content (AvgIpc) is 3.54. The first-order chi connectivity index (χ1) is 22.5. The molecule has 0 aliphatic carbocycles. The van der Waals surface area contributed by atoms with Crippen LogP contribution >= 0.6 is 0 Å². The number of nitrogens with zero attached hydrogens (tertiary/aromatic N) is 4. The number of aryl methyl sites for hydroxylation is 2. The van der Waals surface area contributed by atoms with E-state index in [1.807, 2.05) is 48.7 Å². The van der Waals surface area contributed by atoms with E-state index in [4.69, 9.17) is 4.98 Å². The standard InChI is InChI=1S/C41H44N4O2S/c1-26-18-37-38(19-27(26)2)44(25-43(37)9)30-20-29(41(6,7)8)21-32(23-30)48(46,47)31-14-15-34-33-12-10-11-13-35(33)45(36(34)24-31)39-22-28(16-17-42-39)40(3,4)5/h10-24H,25H2,1-9H3. The zero-order valence-electron chi connectivity index (χ0n) is 29.4. The summed E-state index contributed by atoms with van der Waals surface area (Å²) in [7, 11) is -1.83. The van der Waals surface area contributed by atoms with Gasteiger partial charge in [-0.25, -0.2) is 13.4 Å². The number of sulfone groups is 1. The average molecular weight is 657 g/mol. The lowest BCUT2D eigenvalue weighted by Gasteiger charge is -2.26. The third-order valence-corrected chi connectivity index (χ3v) is 11.6. The molecule has 2 aromatic heterocycles. The van der Waals surface area contributed by atoms with Crippen molar-refractivity contribution in [2.24, 2.45) is 0 Å². The van der Waals surface area contributed by atoms with E-state index >= 15 is 0 Å². The van der Waals surface area contributed by atoms with Gasteiger partial charge in [-0.05, 0) is 108 Å². The molecule has 0 spiro atoms. The van der Waals surface area contributed by atoms with Crippen LogP contribution in [0, 0.1) is 13.8 Å². The molecule has 7 rings (SSSR count). The zero-order valence-corrected chi connectivity index (χ0v) is 30.2. The van der Waals surface area contributed by atoms with Gasteiger partial charge in [-0.3, -0.25) is 4.57 Å². The highest BCUT2D eigenvalue weighted by atomic mass is 32.2. The van der Waals surface area contributed by atoms with Crippen molar-refractivity contribution in [3.8, 4) is 5.82 Å². The van der Waals surface area contributed by atoms with Crippen molar-refractivity contribution in [2.75, 3.05) is 23.5 Å². The van der Waals surface area contributed by atoms with Crippen LogP contribution in [-0.4, -0.2) is 31.7 Å². The fraction of sp³-hybridized carbons (Fsp3) is 0.293. The predicted molar refractivity (Wildman–Crippen MR) is 199 cm³/mol. The molecule has 1 aliphatic heterocycles. The molecule has 246 valence electrons. The minimum atomic E-state index is -3.91. The molecule has 4 aromatic carbocycles. The molecule has 3 heterocycles. The molecule has 0 amide bonds. The van der Waals surface area contributed by atoms with Crippen molar-refractivity contribution in [3.63, 3.8) is 0 Å². The molecule has 0 saturated carbocycles. The molecule has 48 heavy (non-hydrogen) atoms. The van der Waals surface area contributed by atoms with Crippen LogP contribution in [0.3, 0.4) is 0 Å². The second-order valence-corrected chi connectivity index (χ2v) is 17.3. The van der Waals surface area contributed by atoms with E-state index in [-0.39, 0.29) is 15.7 Å². The quantitative estimate of drug-likeness (QED) is 0.189. The van der Waals surface area contributed by atoms with Gasteiger partial charge in [0, 0.05) is 29.7 Å². The first-order valence-electron chi connectivity index (χ1n) is 16.5. The molecule has 0 bridgehead atoms. The maximum Gasteiger partial charge on any atom is 0.206 e. The molecule has 0 unspecified atom stereocenters. The third-order valence-electron chi connectivity index (χ3n) is 9.82. The molecule has 6 nitrogen and oxygen atoms in total. The van der Waals surface area contributed by atoms with Crippen LogP contribution in [0.5, 0.6) is 0 Å². The van der Waals surface area contributed by atoms with Crippen molar-refractivity contribution >= 4 is 48.7 Å². The van der Waals surface area contributed by atoms with Gasteiger partial charge in [0.25, 0.3) is 0 Å². The number of rotatable bonds is 4. The van der Waals surface area contributed by atoms with Gasteiger partial charge in [-0.15, -0.1) is 0 Å². The highest BCUT2D eigenvalue weighted by Gasteiger charge is 2.30. The Morgan fingerprint density at radius 3 is 2.04 bits per heavy atom. The zero-order chi connectivity index (χ0) is 34.3. The maximum absolute atomic E-state index is 14.7. The van der Waals surface area contributed by atoms with Gasteiger partial charge in [0.2, 0.25) is 9.84 Å². The van der Waals surface area contributed by atoms with Gasteiger partial charge in [-0.1, -0.05) is 65.8 Å². The highest BCUT2D eigenvalue weighted by molar-refractivity contribution is 7.91. The van der Waals surface area contributed by atoms with Gasteiger partial charge in [0.15, 0.2) is 0 Å². The smallest absolute Gasteiger partial charge is 0.206 e. The second-order valence-electron chi connectivity index (χ2n) is 15.3. The van der Waals surface area contributed by atoms with Crippen molar-refractivity contribution < 1.29 is 8.42 Å². The van der Waals surface area contributed by atoms with E-state index in [1.165, 1.54) is 11.1 Å². The van der Waals surface area contributed by atoms with Crippen LogP contribution in [0.15, 0.2) is 101 Å². The van der Waals surface area contributed by atoms with Crippen LogP contribution in [0.1, 0.15) is 63.8 Å². The summed E-state index contributed by atoms with van der Waals surface area (Å²) in [6.45, 7) is 17.8. The first-order valence-corrected chi connectivity index (χ1v) is 18.0. The van der Waals surface area contributed by atoms with Crippen LogP contribution in [-0.2, 0) is 20.7 Å². The summed E-state index contributed by atoms with van der Waals surface area (Å²) in [6.07, 6.45) is 1.84. The van der Waals surface area contributed by atoms with Gasteiger partial charge in [0.05, 0.1) is 38.9 Å². The Labute approximate surface area is 284 Å². The van der Waals surface area contributed by atoms with Crippen LogP contribution in [0.2, 0.25) is 0 Å². The SMILES string of the molecule is Cc1cc2c(cc1C)N(c1cc(C(C)(C)C)cc(S(=O)(=O)c3ccc4c5ccccc5n(-c5cc(C(C)(C)C)ccn5)c4c3)c1)CN2C. The molecule has 7 heteroatoms. The van der Waals surface area contributed by atoms with E-state index in [0.717, 1.165) is 55.8 Å². The van der Waals surface area contributed by atoms with Crippen LogP contribution < -0.4 is 9.80 Å². The highest BCUT2D eigenvalue weighted by Crippen LogP contribution is 2.44. The molecular formula is C41H44N4O2S. The molecular weight excluding hydrogens is 613 g/mol. The fourth-order valence-corrected chi connectivity index (χ4v) is 8.07. The number of pyridine rings is 1. The summed E-state index contributed by atoms with van der Waals surface area (Å²) in [5.41, 5.74) is 9.14. The Kier molecular flexibility index (Phi) is 7.29. The lowest BCUT2D eigenvalue weighted by molar-refractivity contribution is 0.583. The summed E-state index contributed by atoms with van der Waals surface area (Å²) in [6, 6.07) is 28.1. The van der Waals surface area contributed by atoms with Crippen molar-refractivity contribution in [1.82, 2.24) is 9.55 Å². The van der Waals surface area contributed by atoms with E-state index in [9.17, 15) is 8.42 Å². The Balaban J connectivity index is 1.42. The lowest BCUT2D eigenvalue weighted by atomic mass is 9.87. The van der Waals surface area contributed by atoms with Gasteiger partial charge >= 0.3 is 0 Å². The summed E-state index contributed by atoms with van der Waals surface area (Å²) < 4.78 is 31.5. The lowest BCUT2D eigenvalue weighted by Crippen LogP contribution is -2.25. The molecule has 0 saturated heterocycles. The summed E-state index contributed by atoms with van der Waals surface area (Å²) in [4.78, 5) is 9.77. The van der Waals surface area contributed by atoms with Gasteiger partial charge in [-0.2, -0.15) is 0 Å². The van der Waals surface area contributed by atoms with Crippen molar-refractivity contribution in [3.05, 3.63) is 113 Å². The Morgan fingerprint density at radius 1 is 0.667 bits per heavy atom. The minimum Gasteiger partial charge on any atom is -0.355 e. The number of benzene rings is 4.